The molecule has 0 saturated heterocycles. The molecule has 0 N–H and O–H groups in total. The first-order valence-corrected chi connectivity index (χ1v) is 2.07. The predicted octanol–water partition coefficient (Wildman–Crippen LogP) is -4.07. The molecule has 0 aliphatic carbocycles. The molecular formula is C5H4NNaO3. The second-order valence-corrected chi connectivity index (χ2v) is 1.13. The molecule has 0 aliphatic heterocycles. The fourth-order valence-electron chi connectivity index (χ4n) is 0.218. The van der Waals surface area contributed by atoms with E-state index < -0.39 is 11.7 Å². The van der Waals surface area contributed by atoms with Gasteiger partial charge >= 0.3 is 35.5 Å². The first-order chi connectivity index (χ1) is 4.22. The molecule has 10 heavy (non-hydrogen) atoms. The Morgan fingerprint density at radius 2 is 2.30 bits per heavy atom. The van der Waals surface area contributed by atoms with Crippen molar-refractivity contribution in [3.8, 4) is 6.07 Å². The van der Waals surface area contributed by atoms with Crippen LogP contribution in [0, 0.1) is 11.3 Å². The van der Waals surface area contributed by atoms with E-state index in [0.29, 0.717) is 6.08 Å². The predicted molar refractivity (Wildman–Crippen MR) is 25.7 cm³/mol. The van der Waals surface area contributed by atoms with Crippen LogP contribution in [-0.4, -0.2) is 13.1 Å². The minimum absolute atomic E-state index is 0. The number of hydrogen-bond acceptors (Lipinski definition) is 4. The number of esters is 1. The van der Waals surface area contributed by atoms with Gasteiger partial charge in [-0.15, -0.1) is 0 Å². The summed E-state index contributed by atoms with van der Waals surface area (Å²) in [7, 11) is 1.07. The summed E-state index contributed by atoms with van der Waals surface area (Å²) in [6.45, 7) is 0. The van der Waals surface area contributed by atoms with Gasteiger partial charge < -0.3 is 9.84 Å². The van der Waals surface area contributed by atoms with Crippen molar-refractivity contribution in [1.29, 1.82) is 5.26 Å². The number of nitriles is 1. The van der Waals surface area contributed by atoms with Gasteiger partial charge in [0.15, 0.2) is 0 Å². The van der Waals surface area contributed by atoms with Gasteiger partial charge in [-0.05, 0) is 5.76 Å². The van der Waals surface area contributed by atoms with Crippen LogP contribution in [0.3, 0.4) is 0 Å². The quantitative estimate of drug-likeness (QED) is 0.125. The third kappa shape index (κ3) is 4.39. The largest absolute Gasteiger partial charge is 1.00 e. The van der Waals surface area contributed by atoms with Crippen molar-refractivity contribution in [2.45, 2.75) is 0 Å². The minimum Gasteiger partial charge on any atom is -0.867 e. The summed E-state index contributed by atoms with van der Waals surface area (Å²) in [5.41, 5.74) is 0. The first kappa shape index (κ1) is 12.2. The van der Waals surface area contributed by atoms with Crippen LogP contribution >= 0.6 is 0 Å². The molecule has 0 amide bonds. The summed E-state index contributed by atoms with van der Waals surface area (Å²) in [6, 6.07) is 1.41. The van der Waals surface area contributed by atoms with Crippen LogP contribution in [0.25, 0.3) is 0 Å². The van der Waals surface area contributed by atoms with Crippen LogP contribution in [-0.2, 0) is 9.53 Å². The molecule has 0 saturated carbocycles. The number of carbonyl (C=O) groups is 1. The number of allylic oxidation sites excluding steroid dienone is 1. The summed E-state index contributed by atoms with van der Waals surface area (Å²) in [6.07, 6.45) is 0.589. The third-order valence-electron chi connectivity index (χ3n) is 0.582. The molecule has 0 atom stereocenters. The number of carbonyl (C=O) groups excluding carboxylic acids is 1. The van der Waals surface area contributed by atoms with Crippen molar-refractivity contribution in [3.63, 3.8) is 0 Å². The van der Waals surface area contributed by atoms with Crippen LogP contribution in [0.2, 0.25) is 0 Å². The van der Waals surface area contributed by atoms with Gasteiger partial charge in [-0.25, -0.2) is 4.79 Å². The number of nitrogens with zero attached hydrogens (tertiary/aromatic N) is 1. The SMILES string of the molecule is COC(=O)C([O-])=CC#N.[Na+]. The first-order valence-electron chi connectivity index (χ1n) is 2.07. The molecule has 0 aromatic carbocycles. The molecule has 0 fully saturated rings. The molecule has 0 unspecified atom stereocenters. The summed E-state index contributed by atoms with van der Waals surface area (Å²) in [4.78, 5) is 10.1. The average molecular weight is 149 g/mol. The molecule has 0 aromatic heterocycles. The third-order valence-corrected chi connectivity index (χ3v) is 0.582. The fourth-order valence-corrected chi connectivity index (χ4v) is 0.218. The Hall–Kier alpha value is -0.500. The average Bonchev–Trinajstić information content (AvgIpc) is 1.87. The maximum atomic E-state index is 10.2. The van der Waals surface area contributed by atoms with E-state index in [-0.39, 0.29) is 29.6 Å². The van der Waals surface area contributed by atoms with E-state index in [2.05, 4.69) is 4.74 Å². The van der Waals surface area contributed by atoms with Crippen LogP contribution in [0.5, 0.6) is 0 Å². The van der Waals surface area contributed by atoms with Crippen molar-refractivity contribution in [1.82, 2.24) is 0 Å². The van der Waals surface area contributed by atoms with E-state index in [1.807, 2.05) is 0 Å². The Morgan fingerprint density at radius 1 is 1.80 bits per heavy atom. The Balaban J connectivity index is 0. The molecule has 0 rings (SSSR count). The van der Waals surface area contributed by atoms with Gasteiger partial charge in [-0.3, -0.25) is 0 Å². The molecule has 48 valence electrons. The Kier molecular flexibility index (Phi) is 8.07. The van der Waals surface area contributed by atoms with Gasteiger partial charge in [0.1, 0.15) is 0 Å². The number of methoxy groups -OCH3 is 1. The van der Waals surface area contributed by atoms with Crippen molar-refractivity contribution in [3.05, 3.63) is 11.8 Å². The standard InChI is InChI=1S/C5H5NO3.Na/c1-9-5(8)4(7)2-3-6;/h2,7H,1H3;/q;+1/p-1. The number of ether oxygens (including phenoxy) is 1. The van der Waals surface area contributed by atoms with Gasteiger partial charge in [-0.2, -0.15) is 5.26 Å². The second kappa shape index (κ2) is 6.62. The molecule has 0 aliphatic rings. The van der Waals surface area contributed by atoms with Gasteiger partial charge in [0, 0.05) is 6.08 Å². The van der Waals surface area contributed by atoms with E-state index in [4.69, 9.17) is 5.26 Å². The molecule has 0 heterocycles. The summed E-state index contributed by atoms with van der Waals surface area (Å²) in [5, 5.41) is 18.1. The van der Waals surface area contributed by atoms with Crippen LogP contribution in [0.4, 0.5) is 0 Å². The van der Waals surface area contributed by atoms with E-state index in [0.717, 1.165) is 7.11 Å². The van der Waals surface area contributed by atoms with E-state index in [9.17, 15) is 9.90 Å². The van der Waals surface area contributed by atoms with E-state index in [1.165, 1.54) is 6.07 Å². The second-order valence-electron chi connectivity index (χ2n) is 1.13. The maximum absolute atomic E-state index is 10.2. The monoisotopic (exact) mass is 149 g/mol. The summed E-state index contributed by atoms with van der Waals surface area (Å²) < 4.78 is 3.99. The Morgan fingerprint density at radius 3 is 2.60 bits per heavy atom. The molecular weight excluding hydrogens is 145 g/mol. The molecule has 0 bridgehead atoms. The molecule has 4 nitrogen and oxygen atoms in total. The smallest absolute Gasteiger partial charge is 0.867 e. The number of hydrogen-bond donors (Lipinski definition) is 0. The van der Waals surface area contributed by atoms with Gasteiger partial charge in [0.2, 0.25) is 0 Å². The summed E-state index contributed by atoms with van der Waals surface area (Å²) in [5.74, 6) is -1.95. The fraction of sp³-hybridized carbons (Fsp3) is 0.200. The Bertz CT molecular complexity index is 182. The van der Waals surface area contributed by atoms with Crippen LogP contribution < -0.4 is 34.7 Å². The van der Waals surface area contributed by atoms with Crippen molar-refractivity contribution in [2.75, 3.05) is 7.11 Å². The minimum atomic E-state index is -1.02. The molecule has 0 spiro atoms. The van der Waals surface area contributed by atoms with E-state index >= 15 is 0 Å². The summed E-state index contributed by atoms with van der Waals surface area (Å²) >= 11 is 0. The molecule has 0 radical (unpaired) electrons. The van der Waals surface area contributed by atoms with Crippen molar-refractivity contribution >= 4 is 5.97 Å². The Labute approximate surface area is 80.4 Å². The zero-order valence-corrected chi connectivity index (χ0v) is 7.75. The van der Waals surface area contributed by atoms with Gasteiger partial charge in [0.05, 0.1) is 13.2 Å². The van der Waals surface area contributed by atoms with E-state index in [1.54, 1.807) is 0 Å². The van der Waals surface area contributed by atoms with Crippen molar-refractivity contribution in [2.24, 2.45) is 0 Å². The molecule has 0 aromatic rings. The van der Waals surface area contributed by atoms with Crippen molar-refractivity contribution < 1.29 is 44.2 Å². The normalized spacial score (nSPS) is 9.00. The zero-order chi connectivity index (χ0) is 7.28. The topological polar surface area (TPSA) is 73.2 Å². The van der Waals surface area contributed by atoms with Gasteiger partial charge in [-0.1, -0.05) is 0 Å². The van der Waals surface area contributed by atoms with Crippen LogP contribution in [0.1, 0.15) is 0 Å². The zero-order valence-electron chi connectivity index (χ0n) is 5.75. The van der Waals surface area contributed by atoms with Crippen LogP contribution in [0.15, 0.2) is 11.8 Å². The maximum Gasteiger partial charge on any atom is 1.00 e. The van der Waals surface area contributed by atoms with Gasteiger partial charge in [0.25, 0.3) is 0 Å². The molecule has 5 heteroatoms. The number of rotatable bonds is 1.